The van der Waals surface area contributed by atoms with Crippen LogP contribution in [0.25, 0.3) is 0 Å². The van der Waals surface area contributed by atoms with Gasteiger partial charge in [0, 0.05) is 0 Å². The summed E-state index contributed by atoms with van der Waals surface area (Å²) in [6, 6.07) is 0. The van der Waals surface area contributed by atoms with Crippen LogP contribution in [0.2, 0.25) is 0 Å². The van der Waals surface area contributed by atoms with Gasteiger partial charge in [-0.25, -0.2) is 0 Å². The highest BCUT2D eigenvalue weighted by Gasteiger charge is 2.43. The van der Waals surface area contributed by atoms with Crippen molar-refractivity contribution in [3.05, 3.63) is 0 Å². The SMILES string of the molecule is CC(C)CC(C)(C(C)C)C1CC1. The molecule has 0 radical (unpaired) electrons. The fourth-order valence-corrected chi connectivity index (χ4v) is 2.50. The Labute approximate surface area is 77.7 Å². The standard InChI is InChI=1S/C12H24/c1-9(2)8-12(5,10(3)4)11-6-7-11/h9-11H,6-8H2,1-5H3. The second-order valence-corrected chi connectivity index (χ2v) is 5.53. The summed E-state index contributed by atoms with van der Waals surface area (Å²) in [5, 5.41) is 0. The molecule has 1 rings (SSSR count). The molecule has 72 valence electrons. The smallest absolute Gasteiger partial charge is 0.0272 e. The molecular formula is C12H24. The van der Waals surface area contributed by atoms with E-state index in [-0.39, 0.29) is 0 Å². The van der Waals surface area contributed by atoms with E-state index in [2.05, 4.69) is 34.6 Å². The molecule has 1 aliphatic rings. The van der Waals surface area contributed by atoms with Crippen molar-refractivity contribution < 1.29 is 0 Å². The molecule has 0 aromatic rings. The molecule has 12 heavy (non-hydrogen) atoms. The van der Waals surface area contributed by atoms with Gasteiger partial charge < -0.3 is 0 Å². The molecule has 0 spiro atoms. The van der Waals surface area contributed by atoms with Crippen molar-refractivity contribution >= 4 is 0 Å². The molecule has 0 heterocycles. The van der Waals surface area contributed by atoms with Crippen LogP contribution in [0.1, 0.15) is 53.9 Å². The maximum atomic E-state index is 2.50. The number of hydrogen-bond donors (Lipinski definition) is 0. The summed E-state index contributed by atoms with van der Waals surface area (Å²) in [5.41, 5.74) is 0.633. The molecule has 1 atom stereocenters. The Hall–Kier alpha value is 0. The zero-order chi connectivity index (χ0) is 9.35. The Bertz CT molecular complexity index is 138. The van der Waals surface area contributed by atoms with Crippen LogP contribution in [0.3, 0.4) is 0 Å². The topological polar surface area (TPSA) is 0 Å². The van der Waals surface area contributed by atoms with Crippen LogP contribution in [0.4, 0.5) is 0 Å². The molecule has 0 saturated heterocycles. The molecule has 0 nitrogen and oxygen atoms in total. The van der Waals surface area contributed by atoms with Gasteiger partial charge in [0.15, 0.2) is 0 Å². The van der Waals surface area contributed by atoms with Gasteiger partial charge in [0.05, 0.1) is 0 Å². The van der Waals surface area contributed by atoms with Gasteiger partial charge in [-0.15, -0.1) is 0 Å². The van der Waals surface area contributed by atoms with Gasteiger partial charge in [-0.3, -0.25) is 0 Å². The maximum Gasteiger partial charge on any atom is -0.0272 e. The fraction of sp³-hybridized carbons (Fsp3) is 1.00. The normalized spacial score (nSPS) is 23.2. The lowest BCUT2D eigenvalue weighted by Crippen LogP contribution is -2.27. The third kappa shape index (κ3) is 2.02. The molecule has 0 aliphatic heterocycles. The Morgan fingerprint density at radius 3 is 1.92 bits per heavy atom. The van der Waals surface area contributed by atoms with E-state index >= 15 is 0 Å². The predicted molar refractivity (Wildman–Crippen MR) is 55.1 cm³/mol. The lowest BCUT2D eigenvalue weighted by Gasteiger charge is -2.36. The first-order valence-electron chi connectivity index (χ1n) is 5.47. The quantitative estimate of drug-likeness (QED) is 0.592. The molecule has 1 unspecified atom stereocenters. The average Bonchev–Trinajstić information content (AvgIpc) is 2.65. The van der Waals surface area contributed by atoms with Gasteiger partial charge >= 0.3 is 0 Å². The molecule has 0 N–H and O–H groups in total. The van der Waals surface area contributed by atoms with Crippen molar-refractivity contribution in [1.29, 1.82) is 0 Å². The van der Waals surface area contributed by atoms with Crippen molar-refractivity contribution in [3.8, 4) is 0 Å². The van der Waals surface area contributed by atoms with Crippen molar-refractivity contribution in [2.24, 2.45) is 23.2 Å². The highest BCUT2D eigenvalue weighted by atomic mass is 14.5. The van der Waals surface area contributed by atoms with E-state index < -0.39 is 0 Å². The van der Waals surface area contributed by atoms with Gasteiger partial charge in [0.2, 0.25) is 0 Å². The minimum absolute atomic E-state index is 0.633. The third-order valence-electron chi connectivity index (χ3n) is 3.68. The minimum atomic E-state index is 0.633. The fourth-order valence-electron chi connectivity index (χ4n) is 2.50. The molecule has 0 amide bonds. The monoisotopic (exact) mass is 168 g/mol. The second-order valence-electron chi connectivity index (χ2n) is 5.53. The van der Waals surface area contributed by atoms with E-state index in [0.29, 0.717) is 5.41 Å². The number of rotatable bonds is 4. The highest BCUT2D eigenvalue weighted by molar-refractivity contribution is 4.93. The zero-order valence-corrected chi connectivity index (χ0v) is 9.35. The molecule has 1 fully saturated rings. The van der Waals surface area contributed by atoms with E-state index in [0.717, 1.165) is 17.8 Å². The van der Waals surface area contributed by atoms with Gasteiger partial charge in [0.1, 0.15) is 0 Å². The molecule has 1 aliphatic carbocycles. The average molecular weight is 168 g/mol. The maximum absolute atomic E-state index is 2.50. The first kappa shape index (κ1) is 10.1. The lowest BCUT2D eigenvalue weighted by atomic mass is 9.70. The van der Waals surface area contributed by atoms with Crippen LogP contribution in [-0.2, 0) is 0 Å². The van der Waals surface area contributed by atoms with Crippen LogP contribution < -0.4 is 0 Å². The zero-order valence-electron chi connectivity index (χ0n) is 9.35. The van der Waals surface area contributed by atoms with Gasteiger partial charge in [-0.2, -0.15) is 0 Å². The van der Waals surface area contributed by atoms with E-state index in [4.69, 9.17) is 0 Å². The van der Waals surface area contributed by atoms with Gasteiger partial charge in [-0.05, 0) is 42.4 Å². The minimum Gasteiger partial charge on any atom is -0.0628 e. The molecule has 0 aromatic heterocycles. The van der Waals surface area contributed by atoms with Crippen LogP contribution in [-0.4, -0.2) is 0 Å². The lowest BCUT2D eigenvalue weighted by molar-refractivity contribution is 0.138. The van der Waals surface area contributed by atoms with Gasteiger partial charge in [0.25, 0.3) is 0 Å². The molecule has 1 saturated carbocycles. The molecular weight excluding hydrogens is 144 g/mol. The van der Waals surface area contributed by atoms with Crippen molar-refractivity contribution in [2.75, 3.05) is 0 Å². The van der Waals surface area contributed by atoms with E-state index in [9.17, 15) is 0 Å². The summed E-state index contributed by atoms with van der Waals surface area (Å²) in [6.07, 6.45) is 4.39. The predicted octanol–water partition coefficient (Wildman–Crippen LogP) is 4.10. The highest BCUT2D eigenvalue weighted by Crippen LogP contribution is 2.52. The first-order valence-corrected chi connectivity index (χ1v) is 5.47. The first-order chi connectivity index (χ1) is 5.47. The summed E-state index contributed by atoms with van der Waals surface area (Å²) in [6.45, 7) is 12.0. The molecule has 0 aromatic carbocycles. The Morgan fingerprint density at radius 2 is 1.67 bits per heavy atom. The third-order valence-corrected chi connectivity index (χ3v) is 3.68. The van der Waals surface area contributed by atoms with Gasteiger partial charge in [-0.1, -0.05) is 34.6 Å². The summed E-state index contributed by atoms with van der Waals surface area (Å²) in [4.78, 5) is 0. The van der Waals surface area contributed by atoms with Crippen LogP contribution in [0, 0.1) is 23.2 Å². The Balaban J connectivity index is 2.58. The van der Waals surface area contributed by atoms with Crippen molar-refractivity contribution in [2.45, 2.75) is 53.9 Å². The second kappa shape index (κ2) is 3.40. The largest absolute Gasteiger partial charge is 0.0628 e. The number of hydrogen-bond acceptors (Lipinski definition) is 0. The van der Waals surface area contributed by atoms with Crippen molar-refractivity contribution in [3.63, 3.8) is 0 Å². The van der Waals surface area contributed by atoms with Crippen molar-refractivity contribution in [1.82, 2.24) is 0 Å². The van der Waals surface area contributed by atoms with Crippen LogP contribution in [0.5, 0.6) is 0 Å². The van der Waals surface area contributed by atoms with E-state index in [1.54, 1.807) is 0 Å². The summed E-state index contributed by atoms with van der Waals surface area (Å²) >= 11 is 0. The van der Waals surface area contributed by atoms with E-state index in [1.807, 2.05) is 0 Å². The molecule has 0 bridgehead atoms. The Kier molecular flexibility index (Phi) is 2.85. The molecule has 0 heteroatoms. The van der Waals surface area contributed by atoms with E-state index in [1.165, 1.54) is 19.3 Å². The van der Waals surface area contributed by atoms with Crippen LogP contribution >= 0.6 is 0 Å². The Morgan fingerprint density at radius 1 is 1.17 bits per heavy atom. The summed E-state index contributed by atoms with van der Waals surface area (Å²) < 4.78 is 0. The van der Waals surface area contributed by atoms with Crippen LogP contribution in [0.15, 0.2) is 0 Å². The summed E-state index contributed by atoms with van der Waals surface area (Å²) in [7, 11) is 0. The summed E-state index contributed by atoms with van der Waals surface area (Å²) in [5.74, 6) is 2.75.